The maximum absolute atomic E-state index is 13.7. The molecule has 28 heavy (non-hydrogen) atoms. The number of nitrogens with zero attached hydrogens (tertiary/aromatic N) is 6. The van der Waals surface area contributed by atoms with Gasteiger partial charge in [0.15, 0.2) is 11.5 Å². The van der Waals surface area contributed by atoms with Crippen molar-refractivity contribution < 1.29 is 17.9 Å². The summed E-state index contributed by atoms with van der Waals surface area (Å²) in [6.45, 7) is -3.69. The summed E-state index contributed by atoms with van der Waals surface area (Å²) in [4.78, 5) is 12.6. The standard InChI is InChI=1S/C16H13F3N8O/c17-5-11(9-2-1-3-20-6-9)27-15-10(7-22-27)21-8-13(24-15)23-12-4-14(26-25-12)28-16(18)19/h1-4,6-8,11,16H,5H2,(H2,23,24,25,26)/t11-/m1/s1. The number of H-pyrrole nitrogens is 1. The van der Waals surface area contributed by atoms with Crippen molar-refractivity contribution in [1.29, 1.82) is 0 Å². The number of fused-ring (bicyclic) bond motifs is 1. The predicted molar refractivity (Wildman–Crippen MR) is 92.2 cm³/mol. The van der Waals surface area contributed by atoms with E-state index in [1.54, 1.807) is 24.5 Å². The van der Waals surface area contributed by atoms with Gasteiger partial charge in [0.25, 0.3) is 0 Å². The minimum absolute atomic E-state index is 0.268. The summed E-state index contributed by atoms with van der Waals surface area (Å²) in [6, 6.07) is 3.98. The van der Waals surface area contributed by atoms with E-state index in [0.29, 0.717) is 16.7 Å². The van der Waals surface area contributed by atoms with Gasteiger partial charge in [-0.2, -0.15) is 13.9 Å². The molecule has 9 nitrogen and oxygen atoms in total. The van der Waals surface area contributed by atoms with Gasteiger partial charge < -0.3 is 10.1 Å². The molecule has 0 bridgehead atoms. The Balaban J connectivity index is 1.63. The molecule has 1 atom stereocenters. The minimum Gasteiger partial charge on any atom is -0.415 e. The first kappa shape index (κ1) is 17.7. The van der Waals surface area contributed by atoms with Crippen LogP contribution >= 0.6 is 0 Å². The zero-order chi connectivity index (χ0) is 19.5. The first-order chi connectivity index (χ1) is 13.6. The number of rotatable bonds is 7. The van der Waals surface area contributed by atoms with Gasteiger partial charge in [0.1, 0.15) is 24.1 Å². The van der Waals surface area contributed by atoms with E-state index in [1.165, 1.54) is 23.1 Å². The van der Waals surface area contributed by atoms with Crippen LogP contribution in [0.3, 0.4) is 0 Å². The van der Waals surface area contributed by atoms with Gasteiger partial charge in [-0.15, -0.1) is 5.10 Å². The largest absolute Gasteiger partial charge is 0.415 e. The summed E-state index contributed by atoms with van der Waals surface area (Å²) in [5, 5.41) is 13.1. The molecular formula is C16H13F3N8O. The summed E-state index contributed by atoms with van der Waals surface area (Å²) in [5.41, 5.74) is 1.46. The molecule has 4 aromatic rings. The second-order valence-electron chi connectivity index (χ2n) is 5.63. The molecule has 4 aromatic heterocycles. The Morgan fingerprint density at radius 1 is 1.25 bits per heavy atom. The zero-order valence-corrected chi connectivity index (χ0v) is 14.1. The van der Waals surface area contributed by atoms with Gasteiger partial charge in [0, 0.05) is 18.5 Å². The average Bonchev–Trinajstić information content (AvgIpc) is 3.30. The third kappa shape index (κ3) is 3.56. The summed E-state index contributed by atoms with van der Waals surface area (Å²) in [7, 11) is 0. The van der Waals surface area contributed by atoms with Crippen molar-refractivity contribution in [2.24, 2.45) is 0 Å². The van der Waals surface area contributed by atoms with Crippen LogP contribution in [0.5, 0.6) is 5.88 Å². The van der Waals surface area contributed by atoms with Gasteiger partial charge in [-0.05, 0) is 11.6 Å². The molecule has 4 heterocycles. The molecule has 12 heteroatoms. The molecule has 0 aliphatic rings. The molecular weight excluding hydrogens is 377 g/mol. The van der Waals surface area contributed by atoms with Crippen molar-refractivity contribution in [3.8, 4) is 5.88 Å². The highest BCUT2D eigenvalue weighted by Gasteiger charge is 2.19. The third-order valence-electron chi connectivity index (χ3n) is 3.84. The highest BCUT2D eigenvalue weighted by atomic mass is 19.3. The van der Waals surface area contributed by atoms with Crippen molar-refractivity contribution in [3.05, 3.63) is 48.5 Å². The Hall–Kier alpha value is -3.70. The van der Waals surface area contributed by atoms with E-state index in [9.17, 15) is 13.2 Å². The Morgan fingerprint density at radius 3 is 2.89 bits per heavy atom. The Labute approximate surface area is 155 Å². The highest BCUT2D eigenvalue weighted by molar-refractivity contribution is 5.72. The second-order valence-corrected chi connectivity index (χ2v) is 5.63. The third-order valence-corrected chi connectivity index (χ3v) is 3.84. The fourth-order valence-corrected chi connectivity index (χ4v) is 2.63. The number of aromatic amines is 1. The molecule has 2 N–H and O–H groups in total. The van der Waals surface area contributed by atoms with Crippen LogP contribution in [0.2, 0.25) is 0 Å². The SMILES string of the molecule is FC[C@H](c1cccnc1)n1ncc2ncc(Nc3cc(OC(F)F)n[nH]3)nc21. The van der Waals surface area contributed by atoms with Gasteiger partial charge in [-0.25, -0.2) is 19.0 Å². The van der Waals surface area contributed by atoms with Crippen LogP contribution < -0.4 is 10.1 Å². The molecule has 0 aliphatic heterocycles. The van der Waals surface area contributed by atoms with Gasteiger partial charge in [0.05, 0.1) is 12.4 Å². The van der Waals surface area contributed by atoms with E-state index in [-0.39, 0.29) is 17.5 Å². The van der Waals surface area contributed by atoms with Crippen molar-refractivity contribution in [2.45, 2.75) is 12.7 Å². The smallest absolute Gasteiger partial charge is 0.388 e. The number of aromatic nitrogens is 7. The van der Waals surface area contributed by atoms with Gasteiger partial charge in [0.2, 0.25) is 5.88 Å². The van der Waals surface area contributed by atoms with Gasteiger partial charge in [-0.3, -0.25) is 10.1 Å². The quantitative estimate of drug-likeness (QED) is 0.500. The van der Waals surface area contributed by atoms with Crippen LogP contribution in [0.1, 0.15) is 11.6 Å². The van der Waals surface area contributed by atoms with Crippen molar-refractivity contribution >= 4 is 22.8 Å². The lowest BCUT2D eigenvalue weighted by Crippen LogP contribution is -2.15. The molecule has 0 radical (unpaired) electrons. The lowest BCUT2D eigenvalue weighted by atomic mass is 10.1. The number of ether oxygens (including phenoxy) is 1. The minimum atomic E-state index is -2.98. The van der Waals surface area contributed by atoms with Crippen LogP contribution in [-0.2, 0) is 0 Å². The highest BCUT2D eigenvalue weighted by Crippen LogP contribution is 2.24. The van der Waals surface area contributed by atoms with E-state index in [2.05, 4.69) is 40.3 Å². The van der Waals surface area contributed by atoms with E-state index in [4.69, 9.17) is 0 Å². The average molecular weight is 390 g/mol. The summed E-state index contributed by atoms with van der Waals surface area (Å²) in [6.07, 6.45) is 6.06. The van der Waals surface area contributed by atoms with Crippen LogP contribution in [0, 0.1) is 0 Å². The summed E-state index contributed by atoms with van der Waals surface area (Å²) in [5.74, 6) is 0.278. The molecule has 4 rings (SSSR count). The number of nitrogens with one attached hydrogen (secondary N) is 2. The number of hydrogen-bond donors (Lipinski definition) is 2. The lowest BCUT2D eigenvalue weighted by Gasteiger charge is -2.14. The number of hydrogen-bond acceptors (Lipinski definition) is 7. The van der Waals surface area contributed by atoms with Crippen LogP contribution in [0.15, 0.2) is 43.0 Å². The van der Waals surface area contributed by atoms with Gasteiger partial charge in [-0.1, -0.05) is 6.07 Å². The van der Waals surface area contributed by atoms with Crippen LogP contribution in [-0.4, -0.2) is 48.2 Å². The van der Waals surface area contributed by atoms with E-state index >= 15 is 0 Å². The van der Waals surface area contributed by atoms with E-state index in [0.717, 1.165) is 0 Å². The number of anilines is 2. The first-order valence-corrected chi connectivity index (χ1v) is 8.07. The molecule has 0 saturated heterocycles. The normalized spacial score (nSPS) is 12.4. The number of pyridine rings is 1. The van der Waals surface area contributed by atoms with Crippen molar-refractivity contribution in [1.82, 2.24) is 34.9 Å². The summed E-state index contributed by atoms with van der Waals surface area (Å²) >= 11 is 0. The fraction of sp³-hybridized carbons (Fsp3) is 0.188. The second kappa shape index (κ2) is 7.50. The monoisotopic (exact) mass is 390 g/mol. The van der Waals surface area contributed by atoms with Crippen molar-refractivity contribution in [2.75, 3.05) is 12.0 Å². The molecule has 0 aromatic carbocycles. The fourth-order valence-electron chi connectivity index (χ4n) is 2.63. The predicted octanol–water partition coefficient (Wildman–Crippen LogP) is 2.85. The van der Waals surface area contributed by atoms with Crippen LogP contribution in [0.25, 0.3) is 11.2 Å². The van der Waals surface area contributed by atoms with E-state index < -0.39 is 19.3 Å². The van der Waals surface area contributed by atoms with E-state index in [1.807, 2.05) is 0 Å². The molecule has 144 valence electrons. The molecule has 0 saturated carbocycles. The zero-order valence-electron chi connectivity index (χ0n) is 14.1. The number of alkyl halides is 3. The maximum Gasteiger partial charge on any atom is 0.388 e. The molecule has 0 unspecified atom stereocenters. The summed E-state index contributed by atoms with van der Waals surface area (Å²) < 4.78 is 43.8. The first-order valence-electron chi connectivity index (χ1n) is 8.07. The molecule has 0 aliphatic carbocycles. The topological polar surface area (TPSA) is 106 Å². The lowest BCUT2D eigenvalue weighted by molar-refractivity contribution is -0.0528. The Bertz CT molecular complexity index is 1070. The Morgan fingerprint density at radius 2 is 2.14 bits per heavy atom. The van der Waals surface area contributed by atoms with Crippen molar-refractivity contribution in [3.63, 3.8) is 0 Å². The Kier molecular flexibility index (Phi) is 4.74. The van der Waals surface area contributed by atoms with Crippen LogP contribution in [0.4, 0.5) is 24.8 Å². The molecule has 0 amide bonds. The van der Waals surface area contributed by atoms with Gasteiger partial charge >= 0.3 is 6.61 Å². The molecule has 0 fully saturated rings. The molecule has 0 spiro atoms. The maximum atomic E-state index is 13.7. The number of halogens is 3.